The first-order valence-electron chi connectivity index (χ1n) is 10.5. The summed E-state index contributed by atoms with van der Waals surface area (Å²) in [5, 5.41) is 14.0. The number of hydrogen-bond donors (Lipinski definition) is 1. The van der Waals surface area contributed by atoms with E-state index in [0.717, 1.165) is 54.5 Å². The number of carbonyl (C=O) groups is 1. The smallest absolute Gasteiger partial charge is 0.274 e. The maximum absolute atomic E-state index is 12.6. The Kier molecular flexibility index (Phi) is 8.01. The Morgan fingerprint density at radius 2 is 1.85 bits per heavy atom. The van der Waals surface area contributed by atoms with Gasteiger partial charge in [0.15, 0.2) is 0 Å². The van der Waals surface area contributed by atoms with Crippen LogP contribution in [0.5, 0.6) is 0 Å². The molecule has 1 aliphatic rings. The molecule has 1 saturated heterocycles. The van der Waals surface area contributed by atoms with Crippen LogP contribution in [-0.2, 0) is 32.6 Å². The molecule has 1 amide bonds. The van der Waals surface area contributed by atoms with Crippen molar-refractivity contribution in [1.82, 2.24) is 10.2 Å². The highest BCUT2D eigenvalue weighted by Crippen LogP contribution is 2.29. The number of ether oxygens (including phenoxy) is 1. The second kappa shape index (κ2) is 10.7. The summed E-state index contributed by atoms with van der Waals surface area (Å²) in [5.41, 5.74) is 2.09. The third-order valence-corrected chi connectivity index (χ3v) is 6.55. The van der Waals surface area contributed by atoms with Crippen molar-refractivity contribution in [2.24, 2.45) is 0 Å². The number of sulfonamides is 1. The van der Waals surface area contributed by atoms with Gasteiger partial charge in [0.25, 0.3) is 5.69 Å². The zero-order valence-electron chi connectivity index (χ0n) is 18.7. The molecule has 0 saturated carbocycles. The van der Waals surface area contributed by atoms with Gasteiger partial charge in [-0.2, -0.15) is 0 Å². The van der Waals surface area contributed by atoms with Crippen LogP contribution in [0.4, 0.5) is 11.4 Å². The molecular weight excluding hydrogens is 448 g/mol. The SMILES string of the molecule is Cc1c(N(CC(=O)NCc2cccc(CN3CCOCC3)c2)S(C)(=O)=O)cccc1[N+](=O)[O-]. The summed E-state index contributed by atoms with van der Waals surface area (Å²) in [6.07, 6.45) is 0.966. The average Bonchev–Trinajstić information content (AvgIpc) is 2.76. The third-order valence-electron chi connectivity index (χ3n) is 5.42. The molecule has 0 spiro atoms. The molecule has 11 heteroatoms. The predicted octanol–water partition coefficient (Wildman–Crippen LogP) is 1.82. The molecule has 1 heterocycles. The normalized spacial score (nSPS) is 14.6. The minimum Gasteiger partial charge on any atom is -0.379 e. The number of carbonyl (C=O) groups excluding carboxylic acids is 1. The summed E-state index contributed by atoms with van der Waals surface area (Å²) in [5.74, 6) is -0.509. The van der Waals surface area contributed by atoms with E-state index in [-0.39, 0.29) is 23.5 Å². The fourth-order valence-corrected chi connectivity index (χ4v) is 4.61. The molecule has 1 aliphatic heterocycles. The molecule has 2 aromatic rings. The van der Waals surface area contributed by atoms with Crippen molar-refractivity contribution >= 4 is 27.3 Å². The summed E-state index contributed by atoms with van der Waals surface area (Å²) in [6, 6.07) is 12.0. The third kappa shape index (κ3) is 6.73. The largest absolute Gasteiger partial charge is 0.379 e. The van der Waals surface area contributed by atoms with Gasteiger partial charge >= 0.3 is 0 Å². The number of nitrogens with one attached hydrogen (secondary N) is 1. The van der Waals surface area contributed by atoms with E-state index in [1.807, 2.05) is 24.3 Å². The first-order valence-corrected chi connectivity index (χ1v) is 12.4. The molecule has 0 bridgehead atoms. The standard InChI is InChI=1S/C22H28N4O6S/c1-17-20(7-4-8-21(17)26(28)29)25(33(2,30)31)16-22(27)23-14-18-5-3-6-19(13-18)15-24-9-11-32-12-10-24/h3-8,13H,9-12,14-16H2,1-2H3,(H,23,27). The Morgan fingerprint density at radius 3 is 2.52 bits per heavy atom. The highest BCUT2D eigenvalue weighted by molar-refractivity contribution is 7.92. The molecule has 10 nitrogen and oxygen atoms in total. The molecule has 1 fully saturated rings. The molecule has 0 radical (unpaired) electrons. The average molecular weight is 477 g/mol. The number of anilines is 1. The van der Waals surface area contributed by atoms with Crippen LogP contribution in [0.1, 0.15) is 16.7 Å². The van der Waals surface area contributed by atoms with Gasteiger partial charge in [-0.1, -0.05) is 30.3 Å². The summed E-state index contributed by atoms with van der Waals surface area (Å²) < 4.78 is 31.0. The van der Waals surface area contributed by atoms with E-state index in [2.05, 4.69) is 10.2 Å². The van der Waals surface area contributed by atoms with Crippen LogP contribution in [0.15, 0.2) is 42.5 Å². The van der Waals surface area contributed by atoms with Crippen LogP contribution in [0.2, 0.25) is 0 Å². The number of nitro benzene ring substituents is 1. The van der Waals surface area contributed by atoms with Crippen molar-refractivity contribution in [3.63, 3.8) is 0 Å². The van der Waals surface area contributed by atoms with E-state index < -0.39 is 27.4 Å². The number of amides is 1. The molecular formula is C22H28N4O6S. The van der Waals surface area contributed by atoms with Gasteiger partial charge in [0.1, 0.15) is 6.54 Å². The molecule has 0 aliphatic carbocycles. The summed E-state index contributed by atoms with van der Waals surface area (Å²) >= 11 is 0. The van der Waals surface area contributed by atoms with Crippen LogP contribution in [0, 0.1) is 17.0 Å². The van der Waals surface area contributed by atoms with E-state index in [1.165, 1.54) is 25.1 Å². The second-order valence-electron chi connectivity index (χ2n) is 7.93. The molecule has 0 aromatic heterocycles. The van der Waals surface area contributed by atoms with Crippen molar-refractivity contribution in [1.29, 1.82) is 0 Å². The Hall–Kier alpha value is -3.02. The van der Waals surface area contributed by atoms with E-state index in [9.17, 15) is 23.3 Å². The van der Waals surface area contributed by atoms with Crippen molar-refractivity contribution in [3.8, 4) is 0 Å². The quantitative estimate of drug-likeness (QED) is 0.433. The molecule has 33 heavy (non-hydrogen) atoms. The summed E-state index contributed by atoms with van der Waals surface area (Å²) in [7, 11) is -3.85. The van der Waals surface area contributed by atoms with E-state index in [1.54, 1.807) is 0 Å². The van der Waals surface area contributed by atoms with Gasteiger partial charge in [-0.25, -0.2) is 8.42 Å². The molecule has 2 aromatic carbocycles. The van der Waals surface area contributed by atoms with Crippen LogP contribution in [0.25, 0.3) is 0 Å². The van der Waals surface area contributed by atoms with Gasteiger partial charge in [-0.15, -0.1) is 0 Å². The van der Waals surface area contributed by atoms with Crippen molar-refractivity contribution in [2.75, 3.05) is 43.4 Å². The van der Waals surface area contributed by atoms with Crippen LogP contribution >= 0.6 is 0 Å². The number of nitrogens with zero attached hydrogens (tertiary/aromatic N) is 3. The van der Waals surface area contributed by atoms with Crippen molar-refractivity contribution in [3.05, 3.63) is 69.3 Å². The Labute approximate surface area is 193 Å². The monoisotopic (exact) mass is 476 g/mol. The van der Waals surface area contributed by atoms with E-state index in [0.29, 0.717) is 0 Å². The van der Waals surface area contributed by atoms with Crippen molar-refractivity contribution in [2.45, 2.75) is 20.0 Å². The number of benzene rings is 2. The topological polar surface area (TPSA) is 122 Å². The number of nitro groups is 1. The fraction of sp³-hybridized carbons (Fsp3) is 0.409. The van der Waals surface area contributed by atoms with Gasteiger partial charge in [-0.3, -0.25) is 24.1 Å². The minimum atomic E-state index is -3.85. The van der Waals surface area contributed by atoms with Gasteiger partial charge < -0.3 is 10.1 Å². The zero-order chi connectivity index (χ0) is 24.0. The first kappa shape index (κ1) is 24.6. The number of hydrogen-bond acceptors (Lipinski definition) is 7. The van der Waals surface area contributed by atoms with Crippen LogP contribution in [0.3, 0.4) is 0 Å². The lowest BCUT2D eigenvalue weighted by atomic mass is 10.1. The Bertz CT molecular complexity index is 1120. The molecule has 178 valence electrons. The van der Waals surface area contributed by atoms with Gasteiger partial charge in [0, 0.05) is 32.2 Å². The molecule has 1 N–H and O–H groups in total. The van der Waals surface area contributed by atoms with Gasteiger partial charge in [-0.05, 0) is 24.1 Å². The lowest BCUT2D eigenvalue weighted by Gasteiger charge is -2.26. The number of morpholine rings is 1. The van der Waals surface area contributed by atoms with Crippen molar-refractivity contribution < 1.29 is 22.9 Å². The molecule has 0 atom stereocenters. The second-order valence-corrected chi connectivity index (χ2v) is 9.84. The highest BCUT2D eigenvalue weighted by Gasteiger charge is 2.25. The Morgan fingerprint density at radius 1 is 1.18 bits per heavy atom. The van der Waals surface area contributed by atoms with E-state index >= 15 is 0 Å². The lowest BCUT2D eigenvalue weighted by Crippen LogP contribution is -2.40. The lowest BCUT2D eigenvalue weighted by molar-refractivity contribution is -0.385. The summed E-state index contributed by atoms with van der Waals surface area (Å²) in [4.78, 5) is 25.6. The van der Waals surface area contributed by atoms with Crippen LogP contribution < -0.4 is 9.62 Å². The first-order chi connectivity index (χ1) is 15.6. The molecule has 0 unspecified atom stereocenters. The minimum absolute atomic E-state index is 0.106. The Balaban J connectivity index is 1.67. The highest BCUT2D eigenvalue weighted by atomic mass is 32.2. The van der Waals surface area contributed by atoms with Gasteiger partial charge in [0.2, 0.25) is 15.9 Å². The van der Waals surface area contributed by atoms with E-state index in [4.69, 9.17) is 4.74 Å². The fourth-order valence-electron chi connectivity index (χ4n) is 3.70. The van der Waals surface area contributed by atoms with Gasteiger partial charge in [0.05, 0.1) is 35.6 Å². The maximum atomic E-state index is 12.6. The van der Waals surface area contributed by atoms with Crippen LogP contribution in [-0.4, -0.2) is 63.3 Å². The maximum Gasteiger partial charge on any atom is 0.274 e. The predicted molar refractivity (Wildman–Crippen MR) is 124 cm³/mol. The number of rotatable bonds is 9. The zero-order valence-corrected chi connectivity index (χ0v) is 19.5. The molecule has 3 rings (SSSR count). The summed E-state index contributed by atoms with van der Waals surface area (Å²) in [6.45, 7) is 5.20.